The first kappa shape index (κ1) is 11.3. The summed E-state index contributed by atoms with van der Waals surface area (Å²) < 4.78 is 5.33. The monoisotopic (exact) mass is 214 g/mol. The molecule has 0 aromatic rings. The molecule has 0 aliphatic carbocycles. The molecule has 2 aliphatic rings. The van der Waals surface area contributed by atoms with Crippen LogP contribution < -0.4 is 0 Å². The van der Waals surface area contributed by atoms with Crippen LogP contribution in [0.5, 0.6) is 0 Å². The van der Waals surface area contributed by atoms with Gasteiger partial charge in [0, 0.05) is 19.6 Å². The van der Waals surface area contributed by atoms with Gasteiger partial charge in [-0.2, -0.15) is 0 Å². The van der Waals surface area contributed by atoms with E-state index in [1.807, 2.05) is 0 Å². The molecule has 0 amide bonds. The lowest BCUT2D eigenvalue weighted by Crippen LogP contribution is -2.44. The third-order valence-corrected chi connectivity index (χ3v) is 3.29. The fraction of sp³-hybridized carbons (Fsp3) is 1.00. The summed E-state index contributed by atoms with van der Waals surface area (Å²) in [6, 6.07) is 0. The van der Waals surface area contributed by atoms with E-state index < -0.39 is 0 Å². The summed E-state index contributed by atoms with van der Waals surface area (Å²) in [7, 11) is 0. The van der Waals surface area contributed by atoms with E-state index >= 15 is 0 Å². The Hall–Kier alpha value is -0.160. The minimum atomic E-state index is -0.0697. The van der Waals surface area contributed by atoms with Crippen molar-refractivity contribution in [1.29, 1.82) is 0 Å². The van der Waals surface area contributed by atoms with E-state index in [2.05, 4.69) is 9.80 Å². The lowest BCUT2D eigenvalue weighted by Gasteiger charge is -2.32. The molecule has 1 N–H and O–H groups in total. The fourth-order valence-electron chi connectivity index (χ4n) is 2.31. The van der Waals surface area contributed by atoms with Crippen molar-refractivity contribution in [2.75, 3.05) is 46.1 Å². The summed E-state index contributed by atoms with van der Waals surface area (Å²) in [6.07, 6.45) is 2.97. The Morgan fingerprint density at radius 3 is 2.53 bits per heavy atom. The van der Waals surface area contributed by atoms with Gasteiger partial charge in [-0.05, 0) is 25.8 Å². The van der Waals surface area contributed by atoms with Gasteiger partial charge in [-0.1, -0.05) is 0 Å². The van der Waals surface area contributed by atoms with Gasteiger partial charge in [-0.3, -0.25) is 9.80 Å². The van der Waals surface area contributed by atoms with Gasteiger partial charge in [-0.25, -0.2) is 0 Å². The van der Waals surface area contributed by atoms with Gasteiger partial charge < -0.3 is 9.84 Å². The second kappa shape index (κ2) is 5.80. The molecule has 0 bridgehead atoms. The zero-order valence-electron chi connectivity index (χ0n) is 9.40. The van der Waals surface area contributed by atoms with Crippen molar-refractivity contribution in [2.24, 2.45) is 0 Å². The third kappa shape index (κ3) is 3.72. The number of morpholine rings is 1. The molecule has 0 spiro atoms. The summed E-state index contributed by atoms with van der Waals surface area (Å²) in [5, 5.41) is 9.55. The molecule has 1 unspecified atom stereocenters. The largest absolute Gasteiger partial charge is 0.393 e. The second-order valence-electron chi connectivity index (χ2n) is 4.57. The highest BCUT2D eigenvalue weighted by Gasteiger charge is 2.18. The van der Waals surface area contributed by atoms with Crippen LogP contribution in [0, 0.1) is 0 Å². The maximum Gasteiger partial charge on any atom is 0.0594 e. The second-order valence-corrected chi connectivity index (χ2v) is 4.57. The third-order valence-electron chi connectivity index (χ3n) is 3.29. The molecule has 0 radical (unpaired) electrons. The minimum Gasteiger partial charge on any atom is -0.393 e. The maximum absolute atomic E-state index is 9.55. The van der Waals surface area contributed by atoms with Gasteiger partial charge in [0.25, 0.3) is 0 Å². The van der Waals surface area contributed by atoms with Crippen LogP contribution in [-0.4, -0.2) is 67.1 Å². The molecule has 0 aromatic heterocycles. The van der Waals surface area contributed by atoms with E-state index in [9.17, 15) is 5.11 Å². The number of nitrogens with zero attached hydrogens (tertiary/aromatic N) is 2. The van der Waals surface area contributed by atoms with Crippen molar-refractivity contribution >= 4 is 0 Å². The first-order chi connectivity index (χ1) is 7.34. The van der Waals surface area contributed by atoms with Crippen LogP contribution in [0.25, 0.3) is 0 Å². The molecule has 0 aromatic carbocycles. The van der Waals surface area contributed by atoms with Crippen molar-refractivity contribution in [2.45, 2.75) is 25.4 Å². The quantitative estimate of drug-likeness (QED) is 0.708. The predicted molar refractivity (Wildman–Crippen MR) is 58.7 cm³/mol. The summed E-state index contributed by atoms with van der Waals surface area (Å²) >= 11 is 0. The van der Waals surface area contributed by atoms with Crippen molar-refractivity contribution in [3.05, 3.63) is 0 Å². The minimum absolute atomic E-state index is 0.0697. The predicted octanol–water partition coefficient (Wildman–Crippen LogP) is 0.123. The number of aliphatic hydroxyl groups is 1. The molecule has 88 valence electrons. The van der Waals surface area contributed by atoms with Crippen LogP contribution in [-0.2, 0) is 4.74 Å². The van der Waals surface area contributed by atoms with Crippen LogP contribution >= 0.6 is 0 Å². The van der Waals surface area contributed by atoms with Crippen molar-refractivity contribution in [3.8, 4) is 0 Å². The van der Waals surface area contributed by atoms with Crippen LogP contribution in [0.15, 0.2) is 0 Å². The average Bonchev–Trinajstić information content (AvgIpc) is 2.46. The number of ether oxygens (including phenoxy) is 1. The zero-order chi connectivity index (χ0) is 10.5. The standard InChI is InChI=1S/C11H22N2O2/c14-11-2-1-4-12(5-3-11)10-13-6-8-15-9-7-13/h11,14H,1-10H2. The van der Waals surface area contributed by atoms with Gasteiger partial charge in [0.05, 0.1) is 26.0 Å². The van der Waals surface area contributed by atoms with Crippen LogP contribution in [0.1, 0.15) is 19.3 Å². The Morgan fingerprint density at radius 1 is 1.00 bits per heavy atom. The van der Waals surface area contributed by atoms with Gasteiger partial charge >= 0.3 is 0 Å². The molecule has 2 rings (SSSR count). The summed E-state index contributed by atoms with van der Waals surface area (Å²) in [5.74, 6) is 0. The Bertz CT molecular complexity index is 183. The van der Waals surface area contributed by atoms with Gasteiger partial charge in [0.1, 0.15) is 0 Å². The molecular weight excluding hydrogens is 192 g/mol. The first-order valence-corrected chi connectivity index (χ1v) is 6.05. The van der Waals surface area contributed by atoms with E-state index in [0.29, 0.717) is 0 Å². The molecular formula is C11H22N2O2. The smallest absolute Gasteiger partial charge is 0.0594 e. The highest BCUT2D eigenvalue weighted by atomic mass is 16.5. The van der Waals surface area contributed by atoms with Crippen molar-refractivity contribution < 1.29 is 9.84 Å². The average molecular weight is 214 g/mol. The molecule has 2 saturated heterocycles. The van der Waals surface area contributed by atoms with E-state index in [4.69, 9.17) is 4.74 Å². The summed E-state index contributed by atoms with van der Waals surface area (Å²) in [5.41, 5.74) is 0. The lowest BCUT2D eigenvalue weighted by atomic mass is 10.2. The number of likely N-dealkylation sites (tertiary alicyclic amines) is 1. The van der Waals surface area contributed by atoms with E-state index in [1.54, 1.807) is 0 Å². The highest BCUT2D eigenvalue weighted by Crippen LogP contribution is 2.11. The molecule has 15 heavy (non-hydrogen) atoms. The maximum atomic E-state index is 9.55. The van der Waals surface area contributed by atoms with Gasteiger partial charge in [0.15, 0.2) is 0 Å². The molecule has 4 heteroatoms. The lowest BCUT2D eigenvalue weighted by molar-refractivity contribution is 0.00983. The normalized spacial score (nSPS) is 31.4. The summed E-state index contributed by atoms with van der Waals surface area (Å²) in [6.45, 7) is 7.08. The van der Waals surface area contributed by atoms with Crippen LogP contribution in [0.3, 0.4) is 0 Å². The molecule has 2 aliphatic heterocycles. The van der Waals surface area contributed by atoms with Gasteiger partial charge in [-0.15, -0.1) is 0 Å². The Kier molecular flexibility index (Phi) is 4.38. The topological polar surface area (TPSA) is 35.9 Å². The van der Waals surface area contributed by atoms with E-state index in [-0.39, 0.29) is 6.10 Å². The Balaban J connectivity index is 1.72. The molecule has 0 saturated carbocycles. The molecule has 2 fully saturated rings. The van der Waals surface area contributed by atoms with Crippen molar-refractivity contribution in [1.82, 2.24) is 9.80 Å². The van der Waals surface area contributed by atoms with Crippen LogP contribution in [0.4, 0.5) is 0 Å². The Labute approximate surface area is 91.8 Å². The fourth-order valence-corrected chi connectivity index (χ4v) is 2.31. The SMILES string of the molecule is OC1CCCN(CN2CCOCC2)CC1. The number of rotatable bonds is 2. The number of hydrogen-bond acceptors (Lipinski definition) is 4. The Morgan fingerprint density at radius 2 is 1.73 bits per heavy atom. The number of aliphatic hydroxyl groups excluding tert-OH is 1. The number of hydrogen-bond donors (Lipinski definition) is 1. The molecule has 2 heterocycles. The van der Waals surface area contributed by atoms with Gasteiger partial charge in [0.2, 0.25) is 0 Å². The van der Waals surface area contributed by atoms with E-state index in [0.717, 1.165) is 65.3 Å². The highest BCUT2D eigenvalue weighted by molar-refractivity contribution is 4.70. The first-order valence-electron chi connectivity index (χ1n) is 6.05. The van der Waals surface area contributed by atoms with Crippen LogP contribution in [0.2, 0.25) is 0 Å². The molecule has 1 atom stereocenters. The summed E-state index contributed by atoms with van der Waals surface area (Å²) in [4.78, 5) is 4.91. The van der Waals surface area contributed by atoms with Crippen molar-refractivity contribution in [3.63, 3.8) is 0 Å². The zero-order valence-corrected chi connectivity index (χ0v) is 9.40. The van der Waals surface area contributed by atoms with E-state index in [1.165, 1.54) is 0 Å². The molecule has 4 nitrogen and oxygen atoms in total.